The van der Waals surface area contributed by atoms with Crippen molar-refractivity contribution in [2.24, 2.45) is 0 Å². The normalized spacial score (nSPS) is 11.6. The van der Waals surface area contributed by atoms with Crippen LogP contribution < -0.4 is 0 Å². The van der Waals surface area contributed by atoms with Crippen molar-refractivity contribution in [2.75, 3.05) is 0 Å². The lowest BCUT2D eigenvalue weighted by molar-refractivity contribution is 1.16. The Hall–Kier alpha value is -6.66. The van der Waals surface area contributed by atoms with E-state index in [4.69, 9.17) is 0 Å². The van der Waals surface area contributed by atoms with E-state index in [1.54, 1.807) is 0 Å². The first-order chi connectivity index (χ1) is 24.2. The average molecular weight is 641 g/mol. The fraction of sp³-hybridized carbons (Fsp3) is 0. The van der Waals surface area contributed by atoms with Crippen molar-refractivity contribution >= 4 is 75.1 Å². The highest BCUT2D eigenvalue weighted by Gasteiger charge is 2.22. The molecule has 0 aliphatic heterocycles. The van der Waals surface area contributed by atoms with E-state index in [0.717, 1.165) is 66.1 Å². The summed E-state index contributed by atoms with van der Waals surface area (Å²) in [5.74, 6) is 0. The third-order valence-electron chi connectivity index (χ3n) is 9.80. The highest BCUT2D eigenvalue weighted by atomic mass is 32.1. The summed E-state index contributed by atoms with van der Waals surface area (Å²) in [6.07, 6.45) is 0. The molecule has 0 aliphatic carbocycles. The third-order valence-corrected chi connectivity index (χ3v) is 10.9. The molecule has 0 amide bonds. The van der Waals surface area contributed by atoms with Crippen molar-refractivity contribution in [1.29, 1.82) is 10.5 Å². The van der Waals surface area contributed by atoms with E-state index in [-0.39, 0.29) is 0 Å². The van der Waals surface area contributed by atoms with Gasteiger partial charge in [-0.3, -0.25) is 0 Å². The summed E-state index contributed by atoms with van der Waals surface area (Å²) in [7, 11) is 0. The van der Waals surface area contributed by atoms with Gasteiger partial charge in [0, 0.05) is 52.8 Å². The Balaban J connectivity index is 1.30. The van der Waals surface area contributed by atoms with Crippen molar-refractivity contribution in [2.45, 2.75) is 0 Å². The molecule has 226 valence electrons. The lowest BCUT2D eigenvalue weighted by atomic mass is 9.95. The second kappa shape index (κ2) is 10.4. The minimum absolute atomic E-state index is 0.559. The molecule has 0 unspecified atom stereocenters. The van der Waals surface area contributed by atoms with Gasteiger partial charge in [-0.05, 0) is 54.6 Å². The third kappa shape index (κ3) is 3.88. The molecular formula is C44H24N4S. The Labute approximate surface area is 285 Å². The summed E-state index contributed by atoms with van der Waals surface area (Å²) in [6.45, 7) is 0. The molecule has 0 aliphatic rings. The number of thiophene rings is 1. The summed E-state index contributed by atoms with van der Waals surface area (Å²) >= 11 is 1.81. The van der Waals surface area contributed by atoms with Crippen LogP contribution in [-0.2, 0) is 0 Å². The zero-order valence-electron chi connectivity index (χ0n) is 26.1. The van der Waals surface area contributed by atoms with Gasteiger partial charge in [0.25, 0.3) is 0 Å². The highest BCUT2D eigenvalue weighted by Crippen LogP contribution is 2.43. The van der Waals surface area contributed by atoms with E-state index in [2.05, 4.69) is 118 Å². The Morgan fingerprint density at radius 2 is 1.02 bits per heavy atom. The van der Waals surface area contributed by atoms with Crippen molar-refractivity contribution < 1.29 is 0 Å². The molecule has 7 aromatic carbocycles. The predicted molar refractivity (Wildman–Crippen MR) is 203 cm³/mol. The minimum atomic E-state index is 0.559. The van der Waals surface area contributed by atoms with Crippen LogP contribution in [0.4, 0.5) is 0 Å². The Kier molecular flexibility index (Phi) is 5.84. The van der Waals surface area contributed by atoms with Gasteiger partial charge in [0.1, 0.15) is 6.07 Å². The fourth-order valence-electron chi connectivity index (χ4n) is 7.71. The molecule has 0 bridgehead atoms. The zero-order valence-corrected chi connectivity index (χ0v) is 26.9. The quantitative estimate of drug-likeness (QED) is 0.193. The molecule has 0 spiro atoms. The van der Waals surface area contributed by atoms with Crippen LogP contribution in [0, 0.1) is 22.7 Å². The number of hydrogen-bond donors (Lipinski definition) is 0. The molecule has 0 atom stereocenters. The maximum Gasteiger partial charge on any atom is 0.102 e. The Morgan fingerprint density at radius 3 is 1.69 bits per heavy atom. The van der Waals surface area contributed by atoms with E-state index in [0.29, 0.717) is 11.1 Å². The molecule has 0 radical (unpaired) electrons. The van der Waals surface area contributed by atoms with Crippen LogP contribution >= 0.6 is 11.3 Å². The molecule has 0 saturated heterocycles. The summed E-state index contributed by atoms with van der Waals surface area (Å²) in [6, 6.07) is 55.2. The van der Waals surface area contributed by atoms with E-state index in [1.165, 1.54) is 20.2 Å². The van der Waals surface area contributed by atoms with Crippen LogP contribution in [0.1, 0.15) is 11.1 Å². The van der Waals surface area contributed by atoms with Crippen LogP contribution in [0.2, 0.25) is 0 Å². The molecule has 10 aromatic rings. The largest absolute Gasteiger partial charge is 0.309 e. The number of hydrogen-bond acceptors (Lipinski definition) is 3. The predicted octanol–water partition coefficient (Wildman–Crippen LogP) is 11.7. The lowest BCUT2D eigenvalue weighted by Crippen LogP contribution is -2.02. The fourth-order valence-corrected chi connectivity index (χ4v) is 8.84. The van der Waals surface area contributed by atoms with E-state index in [1.807, 2.05) is 59.9 Å². The van der Waals surface area contributed by atoms with Crippen molar-refractivity contribution in [3.63, 3.8) is 0 Å². The maximum atomic E-state index is 10.9. The molecule has 49 heavy (non-hydrogen) atoms. The van der Waals surface area contributed by atoms with E-state index >= 15 is 0 Å². The molecule has 0 N–H and O–H groups in total. The first-order valence-corrected chi connectivity index (χ1v) is 17.0. The Bertz CT molecular complexity index is 3030. The van der Waals surface area contributed by atoms with Gasteiger partial charge < -0.3 is 9.13 Å². The standard InChI is InChI=1S/C44H24N4S/c45-25-27-20-21-32(28-14-9-18-40(36(28)26-46)47-37-15-5-1-10-29(37)30-11-2-6-16-38(30)47)41(22-27)48-39-17-7-3-12-31(39)34-24-44-35(23-42(34)48)33-13-4-8-19-43(33)49-44/h1-24H. The van der Waals surface area contributed by atoms with Crippen LogP contribution in [0.3, 0.4) is 0 Å². The smallest absolute Gasteiger partial charge is 0.102 e. The van der Waals surface area contributed by atoms with Crippen LogP contribution in [0.15, 0.2) is 146 Å². The van der Waals surface area contributed by atoms with Crippen molar-refractivity contribution in [1.82, 2.24) is 9.13 Å². The molecule has 3 aromatic heterocycles. The van der Waals surface area contributed by atoms with Gasteiger partial charge in [-0.15, -0.1) is 11.3 Å². The van der Waals surface area contributed by atoms with Gasteiger partial charge in [0.05, 0.1) is 50.6 Å². The van der Waals surface area contributed by atoms with Gasteiger partial charge in [0.2, 0.25) is 0 Å². The second-order valence-corrected chi connectivity index (χ2v) is 13.4. The van der Waals surface area contributed by atoms with Gasteiger partial charge in [-0.1, -0.05) is 91.0 Å². The number of benzene rings is 7. The number of para-hydroxylation sites is 3. The maximum absolute atomic E-state index is 10.9. The summed E-state index contributed by atoms with van der Waals surface area (Å²) in [4.78, 5) is 0. The monoisotopic (exact) mass is 640 g/mol. The lowest BCUT2D eigenvalue weighted by Gasteiger charge is -2.18. The number of rotatable bonds is 3. The van der Waals surface area contributed by atoms with E-state index < -0.39 is 0 Å². The second-order valence-electron chi connectivity index (χ2n) is 12.3. The number of aromatic nitrogens is 2. The van der Waals surface area contributed by atoms with Crippen LogP contribution in [0.25, 0.3) is 86.3 Å². The van der Waals surface area contributed by atoms with Gasteiger partial charge in [-0.2, -0.15) is 10.5 Å². The molecule has 0 saturated carbocycles. The molecule has 3 heterocycles. The summed E-state index contributed by atoms with van der Waals surface area (Å²) in [5, 5.41) is 28.1. The molecule has 4 nitrogen and oxygen atoms in total. The first-order valence-electron chi connectivity index (χ1n) is 16.1. The number of nitriles is 2. The molecule has 0 fully saturated rings. The SMILES string of the molecule is N#Cc1ccc(-c2cccc(-n3c4ccccc4c4ccccc43)c2C#N)c(-n2c3ccccc3c3cc4sc5ccccc5c4cc32)c1. The van der Waals surface area contributed by atoms with Crippen molar-refractivity contribution in [3.05, 3.63) is 157 Å². The van der Waals surface area contributed by atoms with Gasteiger partial charge >= 0.3 is 0 Å². The van der Waals surface area contributed by atoms with Gasteiger partial charge in [0.15, 0.2) is 0 Å². The van der Waals surface area contributed by atoms with Gasteiger partial charge in [-0.25, -0.2) is 0 Å². The highest BCUT2D eigenvalue weighted by molar-refractivity contribution is 7.25. The van der Waals surface area contributed by atoms with Crippen LogP contribution in [-0.4, -0.2) is 9.13 Å². The summed E-state index contributed by atoms with van der Waals surface area (Å²) < 4.78 is 6.98. The number of nitrogens with zero attached hydrogens (tertiary/aromatic N) is 4. The molecular weight excluding hydrogens is 617 g/mol. The average Bonchev–Trinajstić information content (AvgIpc) is 3.80. The Morgan fingerprint density at radius 1 is 0.408 bits per heavy atom. The number of fused-ring (bicyclic) bond motifs is 9. The van der Waals surface area contributed by atoms with Crippen molar-refractivity contribution in [3.8, 4) is 34.6 Å². The first kappa shape index (κ1) is 27.5. The summed E-state index contributed by atoms with van der Waals surface area (Å²) in [5.41, 5.74) is 8.72. The molecule has 5 heteroatoms. The molecule has 10 rings (SSSR count). The van der Waals surface area contributed by atoms with E-state index in [9.17, 15) is 10.5 Å². The zero-order chi connectivity index (χ0) is 32.6. The van der Waals surface area contributed by atoms with Crippen LogP contribution in [0.5, 0.6) is 0 Å². The topological polar surface area (TPSA) is 57.4 Å². The minimum Gasteiger partial charge on any atom is -0.309 e.